The maximum atomic E-state index is 13.0. The van der Waals surface area contributed by atoms with Crippen LogP contribution in [0.2, 0.25) is 0 Å². The van der Waals surface area contributed by atoms with Crippen LogP contribution in [0.15, 0.2) is 91.0 Å². The number of rotatable bonds is 14. The number of carbonyl (C=O) groups is 3. The summed E-state index contributed by atoms with van der Waals surface area (Å²) in [6.45, 7) is -2.73. The third kappa shape index (κ3) is 10.6. The first-order valence-electron chi connectivity index (χ1n) is 17.1. The smallest absolute Gasteiger partial charge is 0.331 e. The highest BCUT2D eigenvalue weighted by atomic mass is 16.8. The molecular weight excluding hydrogens is 740 g/mol. The molecule has 3 aromatic carbocycles. The predicted molar refractivity (Wildman–Crippen MR) is 192 cm³/mol. The van der Waals surface area contributed by atoms with Gasteiger partial charge in [-0.3, -0.25) is 0 Å². The monoisotopic (exact) mass is 780 g/mol. The maximum Gasteiger partial charge on any atom is 0.331 e. The van der Waals surface area contributed by atoms with Crippen LogP contribution in [0.4, 0.5) is 0 Å². The summed E-state index contributed by atoms with van der Waals surface area (Å²) in [4.78, 5) is 38.2. The molecule has 9 atom stereocenters. The Balaban J connectivity index is 1.34. The number of hydrogen-bond donors (Lipinski definition) is 8. The number of esters is 3. The standard InChI is InChI=1S/C39H40O17/c40-19-28-35(53-31(46)17-8-23-3-12-26(43)13-4-23)37(50)39(21-41,55-28)56-38-36(54-32(47)18-9-24-5-14-27(44)15-6-24)34(49)33(48)29(52-38)20-51-30(45)16-7-22-1-10-25(42)11-2-22/h1-18,28-29,33-38,40-44,48-50H,19-21H2/b16-7+,17-8+,18-9+/t28?,29?,33?,34?,35?,36?,37?,38?,39-/m0/s1. The Bertz CT molecular complexity index is 1870. The zero-order valence-corrected chi connectivity index (χ0v) is 29.4. The molecule has 3 aromatic rings. The van der Waals surface area contributed by atoms with Crippen molar-refractivity contribution in [2.24, 2.45) is 0 Å². The number of hydrogen-bond acceptors (Lipinski definition) is 17. The van der Waals surface area contributed by atoms with Gasteiger partial charge < -0.3 is 69.3 Å². The van der Waals surface area contributed by atoms with Gasteiger partial charge in [-0.25, -0.2) is 14.4 Å². The van der Waals surface area contributed by atoms with Crippen molar-refractivity contribution in [3.05, 3.63) is 108 Å². The lowest BCUT2D eigenvalue weighted by Crippen LogP contribution is -2.63. The number of phenols is 3. The first-order valence-corrected chi connectivity index (χ1v) is 17.1. The first-order chi connectivity index (χ1) is 26.8. The van der Waals surface area contributed by atoms with Crippen LogP contribution in [-0.2, 0) is 42.8 Å². The summed E-state index contributed by atoms with van der Waals surface area (Å²) in [5.74, 6) is -5.55. The molecule has 17 nitrogen and oxygen atoms in total. The van der Waals surface area contributed by atoms with Crippen LogP contribution in [-0.4, -0.2) is 133 Å². The molecule has 0 amide bonds. The second-order valence-electron chi connectivity index (χ2n) is 12.6. The molecule has 8 N–H and O–H groups in total. The van der Waals surface area contributed by atoms with E-state index in [0.29, 0.717) is 16.7 Å². The molecular formula is C39H40O17. The van der Waals surface area contributed by atoms with Crippen molar-refractivity contribution in [1.29, 1.82) is 0 Å². The molecule has 8 unspecified atom stereocenters. The Morgan fingerprint density at radius 2 is 1.07 bits per heavy atom. The minimum absolute atomic E-state index is 0.0000660. The molecule has 2 saturated heterocycles. The molecule has 56 heavy (non-hydrogen) atoms. The van der Waals surface area contributed by atoms with Gasteiger partial charge in [-0.15, -0.1) is 0 Å². The topological polar surface area (TPSA) is 268 Å². The second kappa shape index (κ2) is 18.8. The van der Waals surface area contributed by atoms with Gasteiger partial charge >= 0.3 is 17.9 Å². The molecule has 17 heteroatoms. The number of carbonyl (C=O) groups excluding carboxylic acids is 3. The molecule has 2 heterocycles. The Kier molecular flexibility index (Phi) is 13.9. The maximum absolute atomic E-state index is 13.0. The summed E-state index contributed by atoms with van der Waals surface area (Å²) < 4.78 is 33.4. The highest BCUT2D eigenvalue weighted by molar-refractivity contribution is 5.88. The lowest BCUT2D eigenvalue weighted by Gasteiger charge is -2.44. The molecule has 0 aliphatic carbocycles. The van der Waals surface area contributed by atoms with Gasteiger partial charge in [0.25, 0.3) is 0 Å². The van der Waals surface area contributed by atoms with E-state index in [9.17, 15) is 55.2 Å². The van der Waals surface area contributed by atoms with Crippen molar-refractivity contribution < 1.29 is 83.7 Å². The lowest BCUT2D eigenvalue weighted by molar-refractivity contribution is -0.383. The quantitative estimate of drug-likeness (QED) is 0.0629. The summed E-state index contributed by atoms with van der Waals surface area (Å²) >= 11 is 0. The minimum atomic E-state index is -2.56. The number of aliphatic hydroxyl groups is 5. The van der Waals surface area contributed by atoms with Gasteiger partial charge in [0, 0.05) is 18.2 Å². The SMILES string of the molecule is O=C(/C=C/c1ccc(O)cc1)OCC1OC(O[C@]2(CO)OC(CO)C(OC(=O)/C=C/c3ccc(O)cc3)C2O)C(OC(=O)/C=C/c2ccc(O)cc2)C(O)C1O. The van der Waals surface area contributed by atoms with Gasteiger partial charge in [0.2, 0.25) is 12.1 Å². The second-order valence-corrected chi connectivity index (χ2v) is 12.6. The molecule has 0 radical (unpaired) electrons. The summed E-state index contributed by atoms with van der Waals surface area (Å²) in [5.41, 5.74) is 1.53. The van der Waals surface area contributed by atoms with Crippen molar-refractivity contribution in [3.63, 3.8) is 0 Å². The minimum Gasteiger partial charge on any atom is -0.508 e. The Labute approximate surface area is 319 Å². The lowest BCUT2D eigenvalue weighted by atomic mass is 9.98. The van der Waals surface area contributed by atoms with E-state index in [1.54, 1.807) is 0 Å². The zero-order chi connectivity index (χ0) is 40.4. The van der Waals surface area contributed by atoms with Crippen molar-refractivity contribution >= 4 is 36.1 Å². The van der Waals surface area contributed by atoms with Crippen molar-refractivity contribution in [3.8, 4) is 17.2 Å². The van der Waals surface area contributed by atoms with E-state index in [1.165, 1.54) is 91.0 Å². The van der Waals surface area contributed by atoms with Crippen molar-refractivity contribution in [1.82, 2.24) is 0 Å². The van der Waals surface area contributed by atoms with Crippen molar-refractivity contribution in [2.45, 2.75) is 54.8 Å². The Hall–Kier alpha value is -5.63. The van der Waals surface area contributed by atoms with Crippen LogP contribution < -0.4 is 0 Å². The van der Waals surface area contributed by atoms with Gasteiger partial charge in [0.15, 0.2) is 12.2 Å². The van der Waals surface area contributed by atoms with Crippen LogP contribution in [0.25, 0.3) is 18.2 Å². The number of benzene rings is 3. The molecule has 0 spiro atoms. The van der Waals surface area contributed by atoms with Crippen LogP contribution in [0, 0.1) is 0 Å². The molecule has 2 fully saturated rings. The highest BCUT2D eigenvalue weighted by Crippen LogP contribution is 2.38. The molecule has 0 saturated carbocycles. The zero-order valence-electron chi connectivity index (χ0n) is 29.4. The fourth-order valence-electron chi connectivity index (χ4n) is 5.66. The predicted octanol–water partition coefficient (Wildman–Crippen LogP) is 0.514. The summed E-state index contributed by atoms with van der Waals surface area (Å²) in [5, 5.41) is 82.6. The van der Waals surface area contributed by atoms with E-state index in [2.05, 4.69) is 0 Å². The molecule has 298 valence electrons. The average Bonchev–Trinajstić information content (AvgIpc) is 3.45. The van der Waals surface area contributed by atoms with Crippen LogP contribution in [0.3, 0.4) is 0 Å². The van der Waals surface area contributed by atoms with E-state index in [4.69, 9.17) is 28.4 Å². The molecule has 2 aliphatic heterocycles. The molecule has 0 bridgehead atoms. The van der Waals surface area contributed by atoms with Gasteiger partial charge in [-0.05, 0) is 71.3 Å². The Morgan fingerprint density at radius 1 is 0.625 bits per heavy atom. The van der Waals surface area contributed by atoms with Crippen LogP contribution in [0.1, 0.15) is 16.7 Å². The number of aromatic hydroxyl groups is 3. The fourth-order valence-corrected chi connectivity index (χ4v) is 5.66. The van der Waals surface area contributed by atoms with Gasteiger partial charge in [0.1, 0.15) is 61.0 Å². The van der Waals surface area contributed by atoms with Crippen LogP contribution in [0.5, 0.6) is 17.2 Å². The average molecular weight is 781 g/mol. The van der Waals surface area contributed by atoms with E-state index in [0.717, 1.165) is 18.2 Å². The number of ether oxygens (including phenoxy) is 6. The summed E-state index contributed by atoms with van der Waals surface area (Å²) in [6, 6.07) is 17.4. The first kappa shape index (κ1) is 41.5. The van der Waals surface area contributed by atoms with Gasteiger partial charge in [-0.2, -0.15) is 0 Å². The van der Waals surface area contributed by atoms with Crippen LogP contribution >= 0.6 is 0 Å². The van der Waals surface area contributed by atoms with E-state index < -0.39 is 92.5 Å². The summed E-state index contributed by atoms with van der Waals surface area (Å²) in [6.07, 6.45) is -7.45. The van der Waals surface area contributed by atoms with Gasteiger partial charge in [0.05, 0.1) is 6.61 Å². The third-order valence-corrected chi connectivity index (χ3v) is 8.65. The van der Waals surface area contributed by atoms with Gasteiger partial charge in [-0.1, -0.05) is 36.4 Å². The van der Waals surface area contributed by atoms with E-state index in [-0.39, 0.29) is 17.2 Å². The molecule has 2 aliphatic rings. The molecule has 5 rings (SSSR count). The normalized spacial score (nSPS) is 27.8. The van der Waals surface area contributed by atoms with Crippen molar-refractivity contribution in [2.75, 3.05) is 19.8 Å². The fraction of sp³-hybridized carbons (Fsp3) is 0.308. The number of phenolic OH excluding ortho intramolecular Hbond substituents is 3. The third-order valence-electron chi connectivity index (χ3n) is 8.65. The largest absolute Gasteiger partial charge is 0.508 e. The molecule has 0 aromatic heterocycles. The van der Waals surface area contributed by atoms with E-state index in [1.807, 2.05) is 0 Å². The highest BCUT2D eigenvalue weighted by Gasteiger charge is 2.60. The Morgan fingerprint density at radius 3 is 1.52 bits per heavy atom. The number of aliphatic hydroxyl groups excluding tert-OH is 5. The summed E-state index contributed by atoms with van der Waals surface area (Å²) in [7, 11) is 0. The van der Waals surface area contributed by atoms with E-state index >= 15 is 0 Å².